The van der Waals surface area contributed by atoms with Gasteiger partial charge in [-0.2, -0.15) is 0 Å². The minimum atomic E-state index is -0.0722. The van der Waals surface area contributed by atoms with Crippen molar-refractivity contribution in [3.05, 3.63) is 250 Å². The van der Waals surface area contributed by atoms with Crippen LogP contribution in [0, 0.1) is 0 Å². The minimum Gasteiger partial charge on any atom is -0.309 e. The van der Waals surface area contributed by atoms with Gasteiger partial charge in [0.2, 0.25) is 0 Å². The molecule has 286 valence electrons. The highest BCUT2D eigenvalue weighted by atomic mass is 16.1. The maximum absolute atomic E-state index is 15.0. The highest BCUT2D eigenvalue weighted by molar-refractivity contribution is 6.24. The smallest absolute Gasteiger partial charge is 0.264 e. The minimum absolute atomic E-state index is 0.0431. The monoisotopic (exact) mass is 780 g/mol. The maximum Gasteiger partial charge on any atom is 0.264 e. The van der Waals surface area contributed by atoms with E-state index >= 15 is 4.79 Å². The fourth-order valence-electron chi connectivity index (χ4n) is 10.6. The Hall–Kier alpha value is -8.02. The fourth-order valence-corrected chi connectivity index (χ4v) is 10.6. The molecular weight excluding hydrogens is 745 g/mol. The molecule has 0 spiro atoms. The van der Waals surface area contributed by atoms with E-state index in [9.17, 15) is 0 Å². The van der Waals surface area contributed by atoms with Crippen LogP contribution < -0.4 is 15.4 Å². The molecule has 0 N–H and O–H groups in total. The summed E-state index contributed by atoms with van der Waals surface area (Å²) in [5.74, 6) is 0.0862. The van der Waals surface area contributed by atoms with Gasteiger partial charge in [-0.25, -0.2) is 4.98 Å². The number of anilines is 6. The Morgan fingerprint density at radius 2 is 0.770 bits per heavy atom. The van der Waals surface area contributed by atoms with E-state index in [0.29, 0.717) is 11.0 Å². The number of para-hydroxylation sites is 6. The van der Waals surface area contributed by atoms with E-state index in [1.165, 1.54) is 33.4 Å². The van der Waals surface area contributed by atoms with Crippen molar-refractivity contribution >= 4 is 72.3 Å². The second kappa shape index (κ2) is 13.0. The first kappa shape index (κ1) is 33.9. The molecule has 11 aromatic rings. The molecule has 5 heteroatoms. The molecule has 0 radical (unpaired) electrons. The van der Waals surface area contributed by atoms with E-state index < -0.39 is 0 Å². The summed E-state index contributed by atoms with van der Waals surface area (Å²) >= 11 is 0. The van der Waals surface area contributed by atoms with Gasteiger partial charge in [0, 0.05) is 33.4 Å². The van der Waals surface area contributed by atoms with Gasteiger partial charge >= 0.3 is 0 Å². The van der Waals surface area contributed by atoms with Crippen molar-refractivity contribution in [3.63, 3.8) is 0 Å². The molecule has 0 aliphatic carbocycles. The van der Waals surface area contributed by atoms with E-state index in [2.05, 4.69) is 186 Å². The molecule has 9 aromatic carbocycles. The second-order valence-corrected chi connectivity index (χ2v) is 16.2. The van der Waals surface area contributed by atoms with Crippen LogP contribution in [0.25, 0.3) is 38.2 Å². The number of nitrogens with zero attached hydrogens (tertiary/aromatic N) is 4. The molecule has 0 amide bonds. The summed E-state index contributed by atoms with van der Waals surface area (Å²) in [5.41, 5.74) is 16.1. The third-order valence-electron chi connectivity index (χ3n) is 13.1. The first-order valence-electron chi connectivity index (χ1n) is 20.9. The van der Waals surface area contributed by atoms with Crippen molar-refractivity contribution < 1.29 is 0 Å². The summed E-state index contributed by atoms with van der Waals surface area (Å²) in [7, 11) is 0. The van der Waals surface area contributed by atoms with Crippen LogP contribution in [0.3, 0.4) is 0 Å². The van der Waals surface area contributed by atoms with Crippen LogP contribution in [0.5, 0.6) is 0 Å². The van der Waals surface area contributed by atoms with E-state index in [-0.39, 0.29) is 17.4 Å². The third-order valence-corrected chi connectivity index (χ3v) is 13.1. The van der Waals surface area contributed by atoms with E-state index in [4.69, 9.17) is 4.98 Å². The molecule has 2 aliphatic rings. The van der Waals surface area contributed by atoms with Crippen LogP contribution in [0.1, 0.15) is 45.2 Å². The SMILES string of the molecule is O=c1c2ccc(N3c4ccccc4C(c4ccccc4)c4ccccc43)c3c(N4c5ccccc5C(c5ccccc5)c5ccccc54)ccc(c32)c2nc3ccccc3n12. The van der Waals surface area contributed by atoms with Crippen molar-refractivity contribution in [2.45, 2.75) is 11.8 Å². The van der Waals surface area contributed by atoms with Gasteiger partial charge in [-0.05, 0) is 94.0 Å². The summed E-state index contributed by atoms with van der Waals surface area (Å²) < 4.78 is 1.80. The number of rotatable bonds is 4. The van der Waals surface area contributed by atoms with E-state index in [1.54, 1.807) is 4.40 Å². The molecule has 2 aliphatic heterocycles. The molecule has 0 atom stereocenters. The van der Waals surface area contributed by atoms with Gasteiger partial charge in [0.25, 0.3) is 5.56 Å². The van der Waals surface area contributed by atoms with Gasteiger partial charge in [-0.15, -0.1) is 0 Å². The Morgan fingerprint density at radius 1 is 0.361 bits per heavy atom. The van der Waals surface area contributed by atoms with Gasteiger partial charge < -0.3 is 9.80 Å². The number of benzene rings is 9. The van der Waals surface area contributed by atoms with Crippen molar-refractivity contribution in [1.29, 1.82) is 0 Å². The predicted molar refractivity (Wildman–Crippen MR) is 249 cm³/mol. The largest absolute Gasteiger partial charge is 0.309 e. The summed E-state index contributed by atoms with van der Waals surface area (Å²) in [5, 5.41) is 3.50. The van der Waals surface area contributed by atoms with Crippen LogP contribution in [0.2, 0.25) is 0 Å². The van der Waals surface area contributed by atoms with Crippen LogP contribution in [-0.4, -0.2) is 9.38 Å². The van der Waals surface area contributed by atoms with E-state index in [0.717, 1.165) is 61.3 Å². The summed E-state index contributed by atoms with van der Waals surface area (Å²) in [4.78, 5) is 25.1. The second-order valence-electron chi connectivity index (χ2n) is 16.2. The van der Waals surface area contributed by atoms with Crippen LogP contribution in [0.15, 0.2) is 211 Å². The van der Waals surface area contributed by atoms with Crippen LogP contribution in [-0.2, 0) is 0 Å². The molecule has 5 nitrogen and oxygen atoms in total. The Bertz CT molecular complexity index is 3360. The van der Waals surface area contributed by atoms with E-state index in [1.807, 2.05) is 30.3 Å². The number of hydrogen-bond acceptors (Lipinski definition) is 4. The number of pyridine rings is 1. The molecule has 61 heavy (non-hydrogen) atoms. The molecule has 13 rings (SSSR count). The molecule has 0 fully saturated rings. The molecule has 2 aromatic heterocycles. The van der Waals surface area contributed by atoms with Gasteiger partial charge in [0.15, 0.2) is 0 Å². The topological polar surface area (TPSA) is 40.9 Å². The third kappa shape index (κ3) is 4.77. The summed E-state index contributed by atoms with van der Waals surface area (Å²) in [6.07, 6.45) is 0. The summed E-state index contributed by atoms with van der Waals surface area (Å²) in [6, 6.07) is 73.5. The highest BCUT2D eigenvalue weighted by Crippen LogP contribution is 2.57. The van der Waals surface area contributed by atoms with Gasteiger partial charge in [-0.1, -0.05) is 146 Å². The molecule has 0 saturated carbocycles. The Morgan fingerprint density at radius 3 is 1.26 bits per heavy atom. The van der Waals surface area contributed by atoms with Crippen LogP contribution >= 0.6 is 0 Å². The highest BCUT2D eigenvalue weighted by Gasteiger charge is 2.37. The maximum atomic E-state index is 15.0. The lowest BCUT2D eigenvalue weighted by molar-refractivity contribution is 0.937. The lowest BCUT2D eigenvalue weighted by Gasteiger charge is -2.41. The first-order valence-corrected chi connectivity index (χ1v) is 20.9. The molecular formula is C56H36N4O. The number of hydrogen-bond donors (Lipinski definition) is 0. The fraction of sp³-hybridized carbons (Fsp3) is 0.0357. The van der Waals surface area contributed by atoms with Crippen molar-refractivity contribution in [3.8, 4) is 0 Å². The quantitative estimate of drug-likeness (QED) is 0.178. The lowest BCUT2D eigenvalue weighted by Crippen LogP contribution is -2.25. The van der Waals surface area contributed by atoms with Crippen LogP contribution in [0.4, 0.5) is 34.1 Å². The average Bonchev–Trinajstić information content (AvgIpc) is 3.72. The zero-order valence-corrected chi connectivity index (χ0v) is 33.0. The predicted octanol–water partition coefficient (Wildman–Crippen LogP) is 13.5. The Kier molecular flexibility index (Phi) is 7.22. The lowest BCUT2D eigenvalue weighted by atomic mass is 9.79. The molecule has 0 bridgehead atoms. The molecule has 0 unspecified atom stereocenters. The summed E-state index contributed by atoms with van der Waals surface area (Å²) in [6.45, 7) is 0. The normalized spacial score (nSPS) is 13.8. The van der Waals surface area contributed by atoms with Crippen molar-refractivity contribution in [2.75, 3.05) is 9.80 Å². The number of fused-ring (bicyclic) bond motifs is 8. The molecule has 4 heterocycles. The Balaban J connectivity index is 1.17. The Labute approximate surface area is 352 Å². The van der Waals surface area contributed by atoms with Crippen molar-refractivity contribution in [1.82, 2.24) is 9.38 Å². The zero-order chi connectivity index (χ0) is 40.2. The standard InChI is InChI=1S/C56H36N4O/c61-56-42-32-34-50(59-46-28-14-9-23-39(46)52(36-19-5-2-6-20-36)40-24-10-15-29-47(40)59)54-49(33-31-41(53(42)54)55-57-43-25-11-16-30-48(43)60(55)56)58-44-26-12-7-21-37(44)51(35-17-3-1-4-18-35)38-22-8-13-27-45(38)58/h1-34,51-52H. The molecule has 0 saturated heterocycles. The van der Waals surface area contributed by atoms with Gasteiger partial charge in [-0.3, -0.25) is 9.20 Å². The zero-order valence-electron chi connectivity index (χ0n) is 33.0. The van der Waals surface area contributed by atoms with Gasteiger partial charge in [0.1, 0.15) is 5.65 Å². The van der Waals surface area contributed by atoms with Crippen molar-refractivity contribution in [2.24, 2.45) is 0 Å². The van der Waals surface area contributed by atoms with Gasteiger partial charge in [0.05, 0.1) is 45.2 Å². The average molecular weight is 781 g/mol. The number of aromatic nitrogens is 2. The first-order chi connectivity index (χ1) is 30.2. The number of imidazole rings is 1.